The fraction of sp³-hybridized carbons (Fsp3) is 0.0533. The molecule has 0 atom stereocenters. The van der Waals surface area contributed by atoms with Gasteiger partial charge in [-0.2, -0.15) is 13.2 Å². The molecular weight excluding hydrogens is 1160 g/mol. The number of aryl methyl sites for hydroxylation is 2. The van der Waals surface area contributed by atoms with Crippen LogP contribution in [0.3, 0.4) is 0 Å². The van der Waals surface area contributed by atoms with Crippen molar-refractivity contribution in [2.75, 3.05) is 0 Å². The number of allylic oxidation sites excluding steroid dienone is 3. The minimum atomic E-state index is -4.73. The summed E-state index contributed by atoms with van der Waals surface area (Å²) in [6.07, 6.45) is -1.33. The Balaban J connectivity index is 0.782. The first-order chi connectivity index (χ1) is 43.9. The van der Waals surface area contributed by atoms with E-state index in [0.717, 1.165) is 26.0 Å². The van der Waals surface area contributed by atoms with Gasteiger partial charge < -0.3 is 37.3 Å². The first-order valence-electron chi connectivity index (χ1n) is 29.2. The summed E-state index contributed by atoms with van der Waals surface area (Å²) >= 11 is 0. The molecule has 0 saturated heterocycles. The number of halogens is 5. The van der Waals surface area contributed by atoms with Crippen molar-refractivity contribution in [3.63, 3.8) is 0 Å². The number of ether oxygens (including phenoxy) is 1. The average Bonchev–Trinajstić information content (AvgIpc) is 1.69. The third-order valence-electron chi connectivity index (χ3n) is 17.3. The molecule has 15 rings (SSSR count). The Hall–Kier alpha value is -11.5. The van der Waals surface area contributed by atoms with E-state index in [-0.39, 0.29) is 57.2 Å². The molecule has 2 aliphatic rings. The van der Waals surface area contributed by atoms with Gasteiger partial charge in [0.2, 0.25) is 0 Å². The van der Waals surface area contributed by atoms with Crippen molar-refractivity contribution in [3.05, 3.63) is 302 Å². The zero-order chi connectivity index (χ0) is 62.8. The Kier molecular flexibility index (Phi) is 13.0. The van der Waals surface area contributed by atoms with E-state index < -0.39 is 35.8 Å². The summed E-state index contributed by atoms with van der Waals surface area (Å²) in [5.41, 5.74) is 8.00. The van der Waals surface area contributed by atoms with Crippen LogP contribution >= 0.6 is 0 Å². The molecule has 0 saturated carbocycles. The molecule has 2 N–H and O–H groups in total. The lowest BCUT2D eigenvalue weighted by molar-refractivity contribution is -0.137. The lowest BCUT2D eigenvalue weighted by Gasteiger charge is -2.50. The third-order valence-corrected chi connectivity index (χ3v) is 17.3. The van der Waals surface area contributed by atoms with Crippen LogP contribution in [-0.2, 0) is 17.4 Å². The molecule has 0 aliphatic carbocycles. The molecule has 16 heteroatoms. The highest BCUT2D eigenvalue weighted by atomic mass is 19.4. The van der Waals surface area contributed by atoms with E-state index in [0.29, 0.717) is 111 Å². The zero-order valence-corrected chi connectivity index (χ0v) is 48.4. The van der Waals surface area contributed by atoms with E-state index >= 15 is 8.63 Å². The van der Waals surface area contributed by atoms with Crippen LogP contribution in [0, 0.1) is 13.8 Å². The average molecular weight is 1210 g/mol. The van der Waals surface area contributed by atoms with Crippen molar-refractivity contribution in [1.29, 1.82) is 0 Å². The topological polar surface area (TPSA) is 127 Å². The number of nitrogens with zero attached hydrogens (tertiary/aromatic N) is 3. The van der Waals surface area contributed by atoms with Gasteiger partial charge in [-0.15, -0.1) is 0 Å². The molecule has 0 radical (unpaired) electrons. The first-order valence-corrected chi connectivity index (χ1v) is 29.2. The Morgan fingerprint density at radius 2 is 1.14 bits per heavy atom. The number of rotatable bonds is 10. The maximum atomic E-state index is 18.6. The molecule has 2 aliphatic heterocycles. The van der Waals surface area contributed by atoms with Crippen molar-refractivity contribution in [1.82, 2.24) is 13.9 Å². The Morgan fingerprint density at radius 3 is 1.78 bits per heavy atom. The summed E-state index contributed by atoms with van der Waals surface area (Å²) in [5.74, 6) is -0.403. The second kappa shape index (κ2) is 21.1. The smallest absolute Gasteiger partial charge is 0.508 e. The van der Waals surface area contributed by atoms with Crippen molar-refractivity contribution >= 4 is 73.1 Å². The number of hydrogen-bond acceptors (Lipinski definition) is 8. The van der Waals surface area contributed by atoms with Gasteiger partial charge in [0.05, 0.1) is 17.7 Å². The van der Waals surface area contributed by atoms with E-state index in [4.69, 9.17) is 9.15 Å². The van der Waals surface area contributed by atoms with E-state index in [9.17, 15) is 37.8 Å². The van der Waals surface area contributed by atoms with Crippen LogP contribution in [0.1, 0.15) is 44.6 Å². The number of aromatic hydroxyl groups is 2. The largest absolute Gasteiger partial charge is 0.533 e. The van der Waals surface area contributed by atoms with Crippen molar-refractivity contribution in [2.45, 2.75) is 26.4 Å². The maximum absolute atomic E-state index is 18.6. The fourth-order valence-electron chi connectivity index (χ4n) is 13.2. The van der Waals surface area contributed by atoms with Crippen LogP contribution < -0.4 is 15.9 Å². The molecule has 0 bridgehead atoms. The Bertz CT molecular complexity index is 5330. The van der Waals surface area contributed by atoms with E-state index in [1.807, 2.05) is 86.7 Å². The van der Waals surface area contributed by atoms with Gasteiger partial charge in [-0.25, -0.2) is 4.57 Å². The molecule has 91 heavy (non-hydrogen) atoms. The number of phenolic OH excluding ortho intramolecular Hbond substituents is 2. The Labute approximate surface area is 515 Å². The van der Waals surface area contributed by atoms with Gasteiger partial charge in [-0.05, 0) is 202 Å². The molecule has 0 amide bonds. The number of phenols is 2. The van der Waals surface area contributed by atoms with Crippen LogP contribution in [0.2, 0.25) is 0 Å². The van der Waals surface area contributed by atoms with Gasteiger partial charge in [-0.1, -0.05) is 109 Å². The summed E-state index contributed by atoms with van der Waals surface area (Å²) in [6.45, 7) is -1.03. The summed E-state index contributed by atoms with van der Waals surface area (Å²) in [5, 5.41) is 23.5. The lowest BCUT2D eigenvalue weighted by atomic mass is 9.76. The number of benzene rings is 10. The molecule has 0 fully saturated rings. The highest BCUT2D eigenvalue weighted by Crippen LogP contribution is 2.54. The monoisotopic (exact) mass is 1210 g/mol. The molecule has 3 aromatic heterocycles. The van der Waals surface area contributed by atoms with Crippen LogP contribution in [0.25, 0.3) is 99.4 Å². The number of aromatic nitrogens is 2. The van der Waals surface area contributed by atoms with Gasteiger partial charge in [0, 0.05) is 60.7 Å². The Morgan fingerprint density at radius 1 is 0.571 bits per heavy atom. The predicted octanol–water partition coefficient (Wildman–Crippen LogP) is 17.3. The molecule has 10 nitrogen and oxygen atoms in total. The summed E-state index contributed by atoms with van der Waals surface area (Å²) < 4.78 is 92.1. The van der Waals surface area contributed by atoms with Crippen LogP contribution in [0.5, 0.6) is 17.2 Å². The summed E-state index contributed by atoms with van der Waals surface area (Å²) in [7, 11) is 0. The molecule has 0 spiro atoms. The van der Waals surface area contributed by atoms with E-state index in [2.05, 4.69) is 0 Å². The normalized spacial score (nSPS) is 13.9. The number of fused-ring (bicyclic) bond motifs is 4. The van der Waals surface area contributed by atoms with Crippen LogP contribution in [-0.4, -0.2) is 37.0 Å². The van der Waals surface area contributed by atoms with E-state index in [1.165, 1.54) is 42.6 Å². The minimum Gasteiger partial charge on any atom is -0.508 e. The second-order valence-corrected chi connectivity index (χ2v) is 23.0. The minimum absolute atomic E-state index is 0.0240. The standard InChI is InChI=1S/C75H48BF5N3O7/c1-42-35-56(90-66(87)37-44-13-24-53(25-14-44)83-73(88)58-31-30-57-62-38-50(45-15-22-52(23-16-45)75(77,78)79)21-33-64(62)91-65-34-32-59(74(83)89)68(58)69(57)65)36-43(2)67(42)70-71-60(47-9-5-3-6-10-47)39-51(46-17-26-54(85)27-18-46)41-82(71)76(80,81)84-63(49-19-28-55(86)29-20-49)40-61(72(70)84)48-11-7-4-8-12-48/h3-36,38-41,85-86H,37H2,1-2H3/q-1. The maximum Gasteiger partial charge on any atom is 0.533 e. The van der Waals surface area contributed by atoms with Gasteiger partial charge in [0.1, 0.15) is 28.4 Å². The van der Waals surface area contributed by atoms with Crippen molar-refractivity contribution in [2.24, 2.45) is 0 Å². The van der Waals surface area contributed by atoms with Crippen LogP contribution in [0.15, 0.2) is 250 Å². The highest BCUT2D eigenvalue weighted by molar-refractivity contribution is 6.64. The molecule has 5 heterocycles. The second-order valence-electron chi connectivity index (χ2n) is 23.0. The first kappa shape index (κ1) is 56.0. The zero-order valence-electron chi connectivity index (χ0n) is 48.4. The predicted molar refractivity (Wildman–Crippen MR) is 346 cm³/mol. The third kappa shape index (κ3) is 9.36. The number of carbonyl (C=O) groups is 1. The molecular formula is C75H48BF5N3O7-. The SMILES string of the molecule is Cc1cc(OC(=O)Cc2ccc(-n3c(=O)c4ccc5oc6ccc(-c7ccc(C(F)(F)F)cc7)cc6c6ccc(c3=O)c4c56)cc2)cc(C)c1C1=C2C(c3ccccc3)=CC(c3ccc(O)cc3)=CN2[B-](F)(F)n2c(-c3ccc(O)cc3)cc(-c3ccccc3)c21. The summed E-state index contributed by atoms with van der Waals surface area (Å²) in [4.78, 5) is 44.1. The lowest BCUT2D eigenvalue weighted by Crippen LogP contribution is -2.54. The molecule has 10 aromatic carbocycles. The molecule has 13 aromatic rings. The fourth-order valence-corrected chi connectivity index (χ4v) is 13.2. The van der Waals surface area contributed by atoms with Gasteiger partial charge in [-0.3, -0.25) is 14.4 Å². The number of hydrogen-bond donors (Lipinski definition) is 2. The van der Waals surface area contributed by atoms with E-state index in [1.54, 1.807) is 103 Å². The quantitative estimate of drug-likeness (QED) is 0.0346. The van der Waals surface area contributed by atoms with Gasteiger partial charge in [0.25, 0.3) is 11.1 Å². The number of alkyl halides is 3. The number of esters is 1. The van der Waals surface area contributed by atoms with Gasteiger partial charge in [0.15, 0.2) is 0 Å². The van der Waals surface area contributed by atoms with Gasteiger partial charge >= 0.3 is 19.1 Å². The van der Waals surface area contributed by atoms with Crippen LogP contribution in [0.4, 0.5) is 21.8 Å². The number of carbonyl (C=O) groups excluding carboxylic acids is 1. The molecule has 0 unspecified atom stereocenters. The highest BCUT2D eigenvalue weighted by Gasteiger charge is 2.48. The van der Waals surface area contributed by atoms with Crippen molar-refractivity contribution < 1.29 is 46.0 Å². The van der Waals surface area contributed by atoms with Crippen molar-refractivity contribution in [3.8, 4) is 56.4 Å². The summed E-state index contributed by atoms with van der Waals surface area (Å²) in [6, 6.07) is 59.8. The number of pyridine rings is 1. The molecule has 444 valence electrons.